The predicted molar refractivity (Wildman–Crippen MR) is 85.3 cm³/mol. The molecule has 0 saturated heterocycles. The summed E-state index contributed by atoms with van der Waals surface area (Å²) >= 11 is 0. The standard InChI is InChI=1S/3C4H6O2.Al.Ca.Zn.5H/c3*1-3(2)4(5)6;;;;;;;;/h3*1H2,2H3,(H,5,6);;;;;;;;/q;;;;+2;;;;;2*-1. The van der Waals surface area contributed by atoms with E-state index < -0.39 is 17.9 Å². The zero-order chi connectivity index (χ0) is 15.5. The normalized spacial score (nSPS) is 6.43. The quantitative estimate of drug-likeness (QED) is 0.476. The van der Waals surface area contributed by atoms with Crippen LogP contribution in [0.4, 0.5) is 0 Å². The molecule has 0 aromatic rings. The molecule has 0 rings (SSSR count). The summed E-state index contributed by atoms with van der Waals surface area (Å²) in [6, 6.07) is 0. The SMILES string of the molecule is C=C(C)C(=O)O.C=C(C)C(=O)O.C=C(C)C(=O)O.[AlH3].[Ca+2].[H-].[H-].[Zn]. The smallest absolute Gasteiger partial charge is 1.00 e. The Morgan fingerprint density at radius 1 is 0.714 bits per heavy atom. The molecule has 0 aromatic carbocycles. The summed E-state index contributed by atoms with van der Waals surface area (Å²) in [6.07, 6.45) is 0. The topological polar surface area (TPSA) is 112 Å². The first-order valence-electron chi connectivity index (χ1n) is 4.59. The third-order valence-electron chi connectivity index (χ3n) is 1.10. The number of hydrogen-bond donors (Lipinski definition) is 3. The van der Waals surface area contributed by atoms with Crippen LogP contribution in [0.3, 0.4) is 0 Å². The number of hydrogen-bond acceptors (Lipinski definition) is 3. The molecule has 0 aliphatic rings. The molecule has 3 N–H and O–H groups in total. The fraction of sp³-hybridized carbons (Fsp3) is 0.250. The number of carboxylic acid groups (broad SMARTS) is 3. The van der Waals surface area contributed by atoms with Gasteiger partial charge in [-0.2, -0.15) is 0 Å². The number of carbonyl (C=O) groups is 3. The third kappa shape index (κ3) is 45.0. The minimum absolute atomic E-state index is 0. The van der Waals surface area contributed by atoms with E-state index in [2.05, 4.69) is 19.7 Å². The first-order valence-corrected chi connectivity index (χ1v) is 4.59. The van der Waals surface area contributed by atoms with Gasteiger partial charge >= 0.3 is 55.6 Å². The third-order valence-corrected chi connectivity index (χ3v) is 1.10. The zero-order valence-corrected chi connectivity index (χ0v) is 17.3. The molecule has 0 spiro atoms. The van der Waals surface area contributed by atoms with E-state index in [9.17, 15) is 14.4 Å². The van der Waals surface area contributed by atoms with Crippen molar-refractivity contribution in [1.29, 1.82) is 0 Å². The van der Waals surface area contributed by atoms with Gasteiger partial charge in [-0.05, 0) is 20.8 Å². The maximum Gasteiger partial charge on any atom is 2.00 e. The van der Waals surface area contributed by atoms with Gasteiger partial charge in [-0.15, -0.1) is 0 Å². The van der Waals surface area contributed by atoms with Gasteiger partial charge in [0.15, 0.2) is 17.4 Å². The average Bonchev–Trinajstić information content (AvgIpc) is 2.18. The molecule has 114 valence electrons. The Morgan fingerprint density at radius 2 is 0.762 bits per heavy atom. The second kappa shape index (κ2) is 22.3. The molecule has 9 heteroatoms. The summed E-state index contributed by atoms with van der Waals surface area (Å²) in [5, 5.41) is 23.7. The monoisotopic (exact) mass is 394 g/mol. The summed E-state index contributed by atoms with van der Waals surface area (Å²) < 4.78 is 0. The number of rotatable bonds is 3. The second-order valence-corrected chi connectivity index (χ2v) is 3.26. The largest absolute Gasteiger partial charge is 2.00 e. The van der Waals surface area contributed by atoms with Crippen molar-refractivity contribution in [1.82, 2.24) is 0 Å². The molecule has 0 aliphatic carbocycles. The van der Waals surface area contributed by atoms with Crippen LogP contribution in [-0.2, 0) is 33.9 Å². The first-order chi connectivity index (χ1) is 7.93. The fourth-order valence-electron chi connectivity index (χ4n) is 0. The second-order valence-electron chi connectivity index (χ2n) is 3.26. The Bertz CT molecular complexity index is 299. The van der Waals surface area contributed by atoms with Crippen LogP contribution < -0.4 is 0 Å². The summed E-state index contributed by atoms with van der Waals surface area (Å²) in [4.78, 5) is 28.8. The van der Waals surface area contributed by atoms with Gasteiger partial charge in [0.05, 0.1) is 0 Å². The Kier molecular flexibility index (Phi) is 39.7. The minimum atomic E-state index is -0.935. The van der Waals surface area contributed by atoms with Crippen LogP contribution in [0.15, 0.2) is 36.5 Å². The molecular weight excluding hydrogens is 373 g/mol. The van der Waals surface area contributed by atoms with Crippen LogP contribution >= 0.6 is 0 Å². The Morgan fingerprint density at radius 3 is 0.762 bits per heavy atom. The Balaban J connectivity index is -0.0000000221. The van der Waals surface area contributed by atoms with Crippen molar-refractivity contribution >= 4 is 73.0 Å². The Hall–Kier alpha value is 0.0456. The molecule has 0 saturated carbocycles. The summed E-state index contributed by atoms with van der Waals surface area (Å²) in [5.41, 5.74) is 0.528. The van der Waals surface area contributed by atoms with Gasteiger partial charge in [0.1, 0.15) is 0 Å². The van der Waals surface area contributed by atoms with E-state index in [1.54, 1.807) is 0 Å². The van der Waals surface area contributed by atoms with Crippen LogP contribution in [0, 0.1) is 0 Å². The van der Waals surface area contributed by atoms with Crippen LogP contribution in [0.2, 0.25) is 0 Å². The minimum Gasteiger partial charge on any atom is -1.00 e. The molecule has 0 radical (unpaired) electrons. The van der Waals surface area contributed by atoms with E-state index in [1.807, 2.05) is 0 Å². The molecule has 0 heterocycles. The maximum atomic E-state index is 9.60. The van der Waals surface area contributed by atoms with E-state index in [0.717, 1.165) is 0 Å². The van der Waals surface area contributed by atoms with Gasteiger partial charge in [0, 0.05) is 36.2 Å². The van der Waals surface area contributed by atoms with Gasteiger partial charge in [-0.1, -0.05) is 19.7 Å². The predicted octanol–water partition coefficient (Wildman–Crippen LogP) is 0.599. The van der Waals surface area contributed by atoms with Gasteiger partial charge in [0.2, 0.25) is 0 Å². The average molecular weight is 396 g/mol. The molecule has 0 aliphatic heterocycles. The molecule has 0 unspecified atom stereocenters. The molecule has 0 fully saturated rings. The van der Waals surface area contributed by atoms with Crippen molar-refractivity contribution in [2.24, 2.45) is 0 Å². The molecule has 0 bridgehead atoms. The molecule has 0 atom stereocenters. The van der Waals surface area contributed by atoms with Crippen LogP contribution in [-0.4, -0.2) is 88.3 Å². The van der Waals surface area contributed by atoms with Gasteiger partial charge in [-0.25, -0.2) is 14.4 Å². The van der Waals surface area contributed by atoms with Crippen LogP contribution in [0.5, 0.6) is 0 Å². The molecule has 0 aromatic heterocycles. The summed E-state index contributed by atoms with van der Waals surface area (Å²) in [7, 11) is 0. The fourth-order valence-corrected chi connectivity index (χ4v) is 0. The number of carboxylic acids is 3. The van der Waals surface area contributed by atoms with Gasteiger partial charge < -0.3 is 18.2 Å². The summed E-state index contributed by atoms with van der Waals surface area (Å²) in [5.74, 6) is -2.81. The summed E-state index contributed by atoms with van der Waals surface area (Å²) in [6.45, 7) is 13.8. The van der Waals surface area contributed by atoms with Gasteiger partial charge in [0.25, 0.3) is 0 Å². The molecule has 6 nitrogen and oxygen atoms in total. The van der Waals surface area contributed by atoms with Crippen molar-refractivity contribution in [3.8, 4) is 0 Å². The van der Waals surface area contributed by atoms with Crippen molar-refractivity contribution in [3.63, 3.8) is 0 Å². The molecule has 21 heavy (non-hydrogen) atoms. The van der Waals surface area contributed by atoms with E-state index in [1.165, 1.54) is 20.8 Å². The van der Waals surface area contributed by atoms with Crippen molar-refractivity contribution in [3.05, 3.63) is 36.5 Å². The molecular formula is C12H23AlCaO6Zn. The number of aliphatic carboxylic acids is 3. The van der Waals surface area contributed by atoms with Crippen LogP contribution in [0.1, 0.15) is 23.6 Å². The van der Waals surface area contributed by atoms with Gasteiger partial charge in [-0.3, -0.25) is 0 Å². The van der Waals surface area contributed by atoms with Crippen molar-refractivity contribution in [2.45, 2.75) is 20.8 Å². The van der Waals surface area contributed by atoms with E-state index >= 15 is 0 Å². The van der Waals surface area contributed by atoms with E-state index in [4.69, 9.17) is 15.3 Å². The van der Waals surface area contributed by atoms with E-state index in [0.29, 0.717) is 0 Å². The van der Waals surface area contributed by atoms with E-state index in [-0.39, 0.29) is 94.1 Å². The van der Waals surface area contributed by atoms with Crippen molar-refractivity contribution < 1.29 is 52.0 Å². The van der Waals surface area contributed by atoms with Crippen LogP contribution in [0.25, 0.3) is 0 Å². The molecule has 0 amide bonds. The zero-order valence-electron chi connectivity index (χ0n) is 14.1. The first kappa shape index (κ1) is 37.4. The Labute approximate surface area is 180 Å². The maximum absolute atomic E-state index is 9.60. The van der Waals surface area contributed by atoms with Crippen molar-refractivity contribution in [2.75, 3.05) is 0 Å².